The van der Waals surface area contributed by atoms with Crippen molar-refractivity contribution in [3.05, 3.63) is 83.2 Å². The Morgan fingerprint density at radius 1 is 0.968 bits per heavy atom. The van der Waals surface area contributed by atoms with Gasteiger partial charge in [-0.1, -0.05) is 23.5 Å². The highest BCUT2D eigenvalue weighted by Gasteiger charge is 2.09. The van der Waals surface area contributed by atoms with Gasteiger partial charge in [0.1, 0.15) is 17.1 Å². The second kappa shape index (κ2) is 7.89. The second-order valence-electron chi connectivity index (χ2n) is 7.37. The average Bonchev–Trinajstić information content (AvgIpc) is 3.21. The van der Waals surface area contributed by atoms with E-state index in [2.05, 4.69) is 42.5 Å². The van der Waals surface area contributed by atoms with Crippen molar-refractivity contribution < 1.29 is 9.15 Å². The van der Waals surface area contributed by atoms with Crippen LogP contribution in [0.4, 0.5) is 5.13 Å². The highest BCUT2D eigenvalue weighted by Crippen LogP contribution is 2.27. The van der Waals surface area contributed by atoms with Crippen LogP contribution in [0.1, 0.15) is 11.1 Å². The van der Waals surface area contributed by atoms with E-state index in [1.54, 1.807) is 18.4 Å². The van der Waals surface area contributed by atoms with Gasteiger partial charge in [-0.05, 0) is 73.5 Å². The molecule has 0 aliphatic carbocycles. The van der Waals surface area contributed by atoms with E-state index in [-0.39, 0.29) is 0 Å². The molecule has 31 heavy (non-hydrogen) atoms. The molecule has 5 aromatic rings. The van der Waals surface area contributed by atoms with E-state index in [0.717, 1.165) is 48.7 Å². The summed E-state index contributed by atoms with van der Waals surface area (Å²) in [6.07, 6.45) is 0. The molecule has 0 fully saturated rings. The van der Waals surface area contributed by atoms with E-state index in [4.69, 9.17) is 14.3 Å². The largest absolute Gasteiger partial charge is 0.497 e. The molecular formula is C25H21N3O2S. The number of ether oxygens (including phenoxy) is 1. The maximum absolute atomic E-state index is 6.26. The molecule has 1 N–H and O–H groups in total. The molecule has 2 aromatic heterocycles. The van der Waals surface area contributed by atoms with E-state index in [1.165, 1.54) is 11.1 Å². The lowest BCUT2D eigenvalue weighted by Crippen LogP contribution is -2.08. The van der Waals surface area contributed by atoms with Gasteiger partial charge in [0, 0.05) is 17.0 Å². The van der Waals surface area contributed by atoms with Crippen LogP contribution in [-0.4, -0.2) is 12.1 Å². The molecule has 3 aromatic carbocycles. The first-order chi connectivity index (χ1) is 15.1. The van der Waals surface area contributed by atoms with Crippen molar-refractivity contribution in [3.63, 3.8) is 0 Å². The van der Waals surface area contributed by atoms with Gasteiger partial charge in [-0.3, -0.25) is 5.43 Å². The summed E-state index contributed by atoms with van der Waals surface area (Å²) in [6, 6.07) is 22.0. The van der Waals surface area contributed by atoms with Crippen LogP contribution in [0.3, 0.4) is 0 Å². The number of aryl methyl sites for hydroxylation is 2. The second-order valence-corrected chi connectivity index (χ2v) is 8.40. The summed E-state index contributed by atoms with van der Waals surface area (Å²) in [6.45, 7) is 4.18. The lowest BCUT2D eigenvalue weighted by atomic mass is 10.1. The molecule has 0 bridgehead atoms. The predicted molar refractivity (Wildman–Crippen MR) is 126 cm³/mol. The standard InChI is InChI=1S/C25H21N3O2S/c1-15-12-19-21(27-28-25-26-20-6-4-5-7-24(20)31-25)14-22(30-23(19)13-16(15)2)17-8-10-18(29-3)11-9-17/h4-14H,1-3H3,(H,26,28). The average molecular weight is 428 g/mol. The summed E-state index contributed by atoms with van der Waals surface area (Å²) in [7, 11) is 1.66. The number of fused-ring (bicyclic) bond motifs is 2. The Labute approximate surface area is 183 Å². The quantitative estimate of drug-likeness (QED) is 0.344. The normalized spacial score (nSPS) is 11.9. The molecule has 0 amide bonds. The maximum Gasteiger partial charge on any atom is 0.204 e. The Morgan fingerprint density at radius 2 is 1.74 bits per heavy atom. The molecule has 0 aliphatic heterocycles. The predicted octanol–water partition coefficient (Wildman–Crippen LogP) is 6.26. The van der Waals surface area contributed by atoms with E-state index in [1.807, 2.05) is 48.5 Å². The van der Waals surface area contributed by atoms with Crippen LogP contribution in [0.25, 0.3) is 32.5 Å². The Hall–Kier alpha value is -3.64. The molecule has 0 atom stereocenters. The van der Waals surface area contributed by atoms with E-state index in [9.17, 15) is 0 Å². The Kier molecular flexibility index (Phi) is 4.92. The van der Waals surface area contributed by atoms with Crippen LogP contribution in [0.15, 0.2) is 76.2 Å². The zero-order chi connectivity index (χ0) is 21.4. The van der Waals surface area contributed by atoms with Crippen LogP contribution in [0.2, 0.25) is 0 Å². The summed E-state index contributed by atoms with van der Waals surface area (Å²) >= 11 is 1.58. The third kappa shape index (κ3) is 3.78. The number of anilines is 1. The number of thiazole rings is 1. The van der Waals surface area contributed by atoms with Gasteiger partial charge in [0.2, 0.25) is 5.13 Å². The first-order valence-electron chi connectivity index (χ1n) is 9.95. The first kappa shape index (κ1) is 19.3. The van der Waals surface area contributed by atoms with Crippen molar-refractivity contribution in [2.75, 3.05) is 12.5 Å². The van der Waals surface area contributed by atoms with Gasteiger partial charge in [0.25, 0.3) is 0 Å². The summed E-state index contributed by atoms with van der Waals surface area (Å²) in [5.41, 5.74) is 8.22. The fourth-order valence-corrected chi connectivity index (χ4v) is 4.25. The third-order valence-corrected chi connectivity index (χ3v) is 6.24. The zero-order valence-electron chi connectivity index (χ0n) is 17.5. The van der Waals surface area contributed by atoms with Crippen LogP contribution in [0, 0.1) is 13.8 Å². The maximum atomic E-state index is 6.26. The third-order valence-electron chi connectivity index (χ3n) is 5.30. The molecule has 0 saturated carbocycles. The summed E-state index contributed by atoms with van der Waals surface area (Å²) in [5.74, 6) is 1.54. The van der Waals surface area contributed by atoms with Gasteiger partial charge < -0.3 is 9.15 Å². The Morgan fingerprint density at radius 3 is 2.52 bits per heavy atom. The number of para-hydroxylation sites is 1. The number of methoxy groups -OCH3 is 1. The first-order valence-corrected chi connectivity index (χ1v) is 10.8. The molecular weight excluding hydrogens is 406 g/mol. The summed E-state index contributed by atoms with van der Waals surface area (Å²) < 4.78 is 12.7. The minimum atomic E-state index is 0.739. The number of rotatable bonds is 4. The highest BCUT2D eigenvalue weighted by molar-refractivity contribution is 7.22. The Balaban J connectivity index is 1.64. The van der Waals surface area contributed by atoms with Crippen molar-refractivity contribution >= 4 is 37.7 Å². The van der Waals surface area contributed by atoms with Gasteiger partial charge in [0.05, 0.1) is 22.7 Å². The molecule has 5 nitrogen and oxygen atoms in total. The van der Waals surface area contributed by atoms with Crippen LogP contribution >= 0.6 is 11.3 Å². The van der Waals surface area contributed by atoms with Crippen LogP contribution < -0.4 is 15.5 Å². The molecule has 0 radical (unpaired) electrons. The number of benzene rings is 3. The van der Waals surface area contributed by atoms with Crippen LogP contribution in [0.5, 0.6) is 5.75 Å². The van der Waals surface area contributed by atoms with E-state index in [0.29, 0.717) is 0 Å². The summed E-state index contributed by atoms with van der Waals surface area (Å²) in [5, 5.41) is 7.21. The fourth-order valence-electron chi connectivity index (χ4n) is 3.44. The molecule has 0 spiro atoms. The number of hydrogen-bond donors (Lipinski definition) is 1. The Bertz CT molecular complexity index is 1430. The molecule has 154 valence electrons. The molecule has 5 rings (SSSR count). The smallest absolute Gasteiger partial charge is 0.204 e. The van der Waals surface area contributed by atoms with Crippen molar-refractivity contribution in [1.29, 1.82) is 0 Å². The number of nitrogens with one attached hydrogen (secondary N) is 1. The van der Waals surface area contributed by atoms with Gasteiger partial charge in [-0.2, -0.15) is 5.10 Å². The van der Waals surface area contributed by atoms with Gasteiger partial charge in [-0.15, -0.1) is 0 Å². The lowest BCUT2D eigenvalue weighted by molar-refractivity contribution is 0.415. The van der Waals surface area contributed by atoms with Crippen molar-refractivity contribution in [2.45, 2.75) is 13.8 Å². The fraction of sp³-hybridized carbons (Fsp3) is 0.120. The van der Waals surface area contributed by atoms with E-state index < -0.39 is 0 Å². The molecule has 6 heteroatoms. The highest BCUT2D eigenvalue weighted by atomic mass is 32.1. The topological polar surface area (TPSA) is 59.6 Å². The van der Waals surface area contributed by atoms with Gasteiger partial charge in [-0.25, -0.2) is 4.98 Å². The number of nitrogens with zero attached hydrogens (tertiary/aromatic N) is 2. The molecule has 2 heterocycles. The number of aromatic nitrogens is 1. The van der Waals surface area contributed by atoms with Crippen molar-refractivity contribution in [3.8, 4) is 17.1 Å². The number of hydrogen-bond acceptors (Lipinski definition) is 6. The molecule has 0 unspecified atom stereocenters. The minimum Gasteiger partial charge on any atom is -0.497 e. The lowest BCUT2D eigenvalue weighted by Gasteiger charge is -2.08. The van der Waals surface area contributed by atoms with Crippen molar-refractivity contribution in [2.24, 2.45) is 5.10 Å². The minimum absolute atomic E-state index is 0.739. The zero-order valence-corrected chi connectivity index (χ0v) is 18.3. The van der Waals surface area contributed by atoms with Gasteiger partial charge in [0.15, 0.2) is 0 Å². The van der Waals surface area contributed by atoms with Crippen LogP contribution in [-0.2, 0) is 0 Å². The van der Waals surface area contributed by atoms with Crippen molar-refractivity contribution in [1.82, 2.24) is 4.98 Å². The monoisotopic (exact) mass is 427 g/mol. The van der Waals surface area contributed by atoms with E-state index >= 15 is 0 Å². The van der Waals surface area contributed by atoms with Gasteiger partial charge >= 0.3 is 0 Å². The molecule has 0 saturated heterocycles. The molecule has 0 aliphatic rings. The SMILES string of the molecule is COc1ccc(-c2cc(=NNc3nc4ccccc4s3)c3cc(C)c(C)cc3o2)cc1. The summed E-state index contributed by atoms with van der Waals surface area (Å²) in [4.78, 5) is 4.62.